The highest BCUT2D eigenvalue weighted by atomic mass is 15.5. The van der Waals surface area contributed by atoms with Gasteiger partial charge in [-0.15, -0.1) is 10.2 Å². The van der Waals surface area contributed by atoms with Crippen molar-refractivity contribution in [2.75, 3.05) is 0 Å². The van der Waals surface area contributed by atoms with Crippen LogP contribution in [0.2, 0.25) is 0 Å². The molecule has 0 saturated carbocycles. The van der Waals surface area contributed by atoms with Gasteiger partial charge in [0.1, 0.15) is 11.0 Å². The van der Waals surface area contributed by atoms with Crippen molar-refractivity contribution < 1.29 is 0 Å². The van der Waals surface area contributed by atoms with Crippen LogP contribution in [0.5, 0.6) is 0 Å². The molecule has 0 radical (unpaired) electrons. The zero-order valence-electron chi connectivity index (χ0n) is 9.67. The van der Waals surface area contributed by atoms with Crippen molar-refractivity contribution in [2.24, 2.45) is 0 Å². The van der Waals surface area contributed by atoms with E-state index in [1.54, 1.807) is 4.80 Å². The lowest BCUT2D eigenvalue weighted by Crippen LogP contribution is -1.97. The summed E-state index contributed by atoms with van der Waals surface area (Å²) < 4.78 is 0. The van der Waals surface area contributed by atoms with Crippen LogP contribution in [0.4, 0.5) is 0 Å². The van der Waals surface area contributed by atoms with Crippen LogP contribution in [0.3, 0.4) is 0 Å². The first kappa shape index (κ1) is 10.0. The van der Waals surface area contributed by atoms with Crippen LogP contribution in [0.1, 0.15) is 12.5 Å². The number of hydrogen-bond donors (Lipinski definition) is 0. The van der Waals surface area contributed by atoms with Gasteiger partial charge >= 0.3 is 0 Å². The minimum atomic E-state index is 0.952. The van der Waals surface area contributed by atoms with Crippen LogP contribution in [0.25, 0.3) is 16.7 Å². The molecular weight excluding hydrogens is 210 g/mol. The summed E-state index contributed by atoms with van der Waals surface area (Å²) in [5, 5.41) is 9.06. The molecule has 1 aromatic heterocycles. The quantitative estimate of drug-likeness (QED) is 0.668. The van der Waals surface area contributed by atoms with Gasteiger partial charge in [-0.05, 0) is 30.2 Å². The third-order valence-electron chi connectivity index (χ3n) is 2.86. The van der Waals surface area contributed by atoms with E-state index in [0.29, 0.717) is 0 Å². The lowest BCUT2D eigenvalue weighted by molar-refractivity contribution is 0.765. The molecule has 0 atom stereocenters. The van der Waals surface area contributed by atoms with Gasteiger partial charge in [0.15, 0.2) is 0 Å². The fraction of sp³-hybridized carbons (Fsp3) is 0.143. The van der Waals surface area contributed by atoms with Crippen molar-refractivity contribution >= 4 is 11.0 Å². The molecule has 0 fully saturated rings. The summed E-state index contributed by atoms with van der Waals surface area (Å²) in [4.78, 5) is 1.70. The fourth-order valence-electron chi connectivity index (χ4n) is 1.96. The number of rotatable bonds is 2. The molecule has 0 N–H and O–H groups in total. The molecule has 0 aliphatic heterocycles. The standard InChI is InChI=1S/C14H13N3/c1-2-11-7-6-10-13-14(11)16-17(15-13)12-8-4-3-5-9-12/h3-10H,2H2,1H3. The van der Waals surface area contributed by atoms with Gasteiger partial charge in [-0.2, -0.15) is 4.80 Å². The first-order valence-corrected chi connectivity index (χ1v) is 5.79. The van der Waals surface area contributed by atoms with Crippen LogP contribution in [0.15, 0.2) is 48.5 Å². The summed E-state index contributed by atoms with van der Waals surface area (Å²) in [5.74, 6) is 0. The summed E-state index contributed by atoms with van der Waals surface area (Å²) in [5.41, 5.74) is 4.18. The minimum Gasteiger partial charge on any atom is -0.150 e. The smallest absolute Gasteiger partial charge is 0.116 e. The molecule has 0 spiro atoms. The topological polar surface area (TPSA) is 30.7 Å². The highest BCUT2D eigenvalue weighted by Crippen LogP contribution is 2.16. The van der Waals surface area contributed by atoms with Crippen LogP contribution in [-0.4, -0.2) is 15.0 Å². The van der Waals surface area contributed by atoms with E-state index in [2.05, 4.69) is 23.2 Å². The summed E-state index contributed by atoms with van der Waals surface area (Å²) in [7, 11) is 0. The van der Waals surface area contributed by atoms with Gasteiger partial charge in [-0.1, -0.05) is 37.3 Å². The number of fused-ring (bicyclic) bond motifs is 1. The van der Waals surface area contributed by atoms with E-state index in [1.807, 2.05) is 42.5 Å². The van der Waals surface area contributed by atoms with Crippen LogP contribution in [-0.2, 0) is 6.42 Å². The normalized spacial score (nSPS) is 10.9. The molecule has 0 saturated heterocycles. The number of aromatic nitrogens is 3. The number of hydrogen-bond acceptors (Lipinski definition) is 2. The first-order valence-electron chi connectivity index (χ1n) is 5.79. The van der Waals surface area contributed by atoms with Crippen LogP contribution < -0.4 is 0 Å². The number of benzene rings is 2. The van der Waals surface area contributed by atoms with Crippen molar-refractivity contribution in [3.63, 3.8) is 0 Å². The third-order valence-corrected chi connectivity index (χ3v) is 2.86. The highest BCUT2D eigenvalue weighted by Gasteiger charge is 2.06. The van der Waals surface area contributed by atoms with E-state index in [-0.39, 0.29) is 0 Å². The van der Waals surface area contributed by atoms with Gasteiger partial charge in [0, 0.05) is 0 Å². The van der Waals surface area contributed by atoms with Crippen LogP contribution in [0, 0.1) is 0 Å². The van der Waals surface area contributed by atoms with E-state index < -0.39 is 0 Å². The summed E-state index contributed by atoms with van der Waals surface area (Å²) >= 11 is 0. The first-order chi connectivity index (χ1) is 8.38. The Labute approximate surface area is 99.7 Å². The monoisotopic (exact) mass is 223 g/mol. The second-order valence-corrected chi connectivity index (χ2v) is 3.96. The molecule has 17 heavy (non-hydrogen) atoms. The van der Waals surface area contributed by atoms with Crippen molar-refractivity contribution in [1.82, 2.24) is 15.0 Å². The maximum Gasteiger partial charge on any atom is 0.116 e. The molecular formula is C14H13N3. The zero-order valence-corrected chi connectivity index (χ0v) is 9.67. The predicted molar refractivity (Wildman–Crippen MR) is 68.2 cm³/mol. The Morgan fingerprint density at radius 2 is 1.76 bits per heavy atom. The van der Waals surface area contributed by atoms with E-state index in [0.717, 1.165) is 23.1 Å². The van der Waals surface area contributed by atoms with Crippen molar-refractivity contribution in [3.05, 3.63) is 54.1 Å². The maximum absolute atomic E-state index is 4.56. The molecule has 0 aliphatic rings. The average Bonchev–Trinajstić information content (AvgIpc) is 2.83. The van der Waals surface area contributed by atoms with E-state index >= 15 is 0 Å². The number of aryl methyl sites for hydroxylation is 1. The Hall–Kier alpha value is -2.16. The van der Waals surface area contributed by atoms with Gasteiger partial charge in [-0.3, -0.25) is 0 Å². The molecule has 0 bridgehead atoms. The van der Waals surface area contributed by atoms with E-state index in [1.165, 1.54) is 5.56 Å². The lowest BCUT2D eigenvalue weighted by Gasteiger charge is -1.96. The van der Waals surface area contributed by atoms with Crippen LogP contribution >= 0.6 is 0 Å². The molecule has 84 valence electrons. The molecule has 0 amide bonds. The molecule has 3 aromatic rings. The average molecular weight is 223 g/mol. The Morgan fingerprint density at radius 3 is 2.53 bits per heavy atom. The highest BCUT2D eigenvalue weighted by molar-refractivity contribution is 5.77. The van der Waals surface area contributed by atoms with Crippen molar-refractivity contribution in [2.45, 2.75) is 13.3 Å². The Kier molecular flexibility index (Phi) is 2.37. The molecule has 3 nitrogen and oxygen atoms in total. The molecule has 2 aromatic carbocycles. The predicted octanol–water partition coefficient (Wildman–Crippen LogP) is 2.98. The lowest BCUT2D eigenvalue weighted by atomic mass is 10.1. The maximum atomic E-state index is 4.56. The van der Waals surface area contributed by atoms with E-state index in [9.17, 15) is 0 Å². The SMILES string of the molecule is CCc1cccc2nn(-c3ccccc3)nc12. The molecule has 3 heteroatoms. The van der Waals surface area contributed by atoms with Gasteiger partial charge in [0.05, 0.1) is 5.69 Å². The zero-order chi connectivity index (χ0) is 11.7. The summed E-state index contributed by atoms with van der Waals surface area (Å²) in [6.07, 6.45) is 0.977. The fourth-order valence-corrected chi connectivity index (χ4v) is 1.96. The molecule has 0 aliphatic carbocycles. The Balaban J connectivity index is 2.20. The molecule has 0 unspecified atom stereocenters. The van der Waals surface area contributed by atoms with Gasteiger partial charge in [0.25, 0.3) is 0 Å². The number of nitrogens with zero attached hydrogens (tertiary/aromatic N) is 3. The van der Waals surface area contributed by atoms with Gasteiger partial charge < -0.3 is 0 Å². The minimum absolute atomic E-state index is 0.952. The Bertz CT molecular complexity index is 641. The van der Waals surface area contributed by atoms with Gasteiger partial charge in [0.2, 0.25) is 0 Å². The number of para-hydroxylation sites is 1. The second kappa shape index (κ2) is 4.01. The van der Waals surface area contributed by atoms with Crippen molar-refractivity contribution in [1.29, 1.82) is 0 Å². The van der Waals surface area contributed by atoms with Crippen molar-refractivity contribution in [3.8, 4) is 5.69 Å². The summed E-state index contributed by atoms with van der Waals surface area (Å²) in [6.45, 7) is 2.14. The molecule has 1 heterocycles. The third kappa shape index (κ3) is 1.69. The Morgan fingerprint density at radius 1 is 0.941 bits per heavy atom. The van der Waals surface area contributed by atoms with E-state index in [4.69, 9.17) is 0 Å². The molecule has 3 rings (SSSR count). The second-order valence-electron chi connectivity index (χ2n) is 3.96. The van der Waals surface area contributed by atoms with Gasteiger partial charge in [-0.25, -0.2) is 0 Å². The summed E-state index contributed by atoms with van der Waals surface area (Å²) in [6, 6.07) is 16.1. The largest absolute Gasteiger partial charge is 0.150 e.